The molecule has 3 aromatic rings. The Balaban J connectivity index is 1.59. The molecule has 204 valence electrons. The second-order valence-corrected chi connectivity index (χ2v) is 11.9. The van der Waals surface area contributed by atoms with Gasteiger partial charge in [-0.05, 0) is 86.7 Å². The maximum Gasteiger partial charge on any atom is 0.410 e. The minimum atomic E-state index is -0.571. The normalized spacial score (nSPS) is 15.9. The molecular weight excluding hydrogens is 510 g/mol. The lowest BCUT2D eigenvalue weighted by Crippen LogP contribution is -2.48. The number of ether oxygens (including phenoxy) is 1. The molecule has 7 heteroatoms. The van der Waals surface area contributed by atoms with Gasteiger partial charge in [-0.25, -0.2) is 4.79 Å². The molecule has 39 heavy (non-hydrogen) atoms. The van der Waals surface area contributed by atoms with Crippen molar-refractivity contribution in [3.8, 4) is 6.07 Å². The Hall–Kier alpha value is -3.56. The quantitative estimate of drug-likeness (QED) is 0.338. The standard InChI is InChI=1S/C32H36ClN3O3/c1-22(28-19-26(33)18-24-8-6-7-9-27(24)28)35(5)29(37)20-32(25-12-10-23(21-34)11-13-25)14-16-36(17-15-32)30(38)39-31(2,3)4/h6-13,18-19,22H,14-17,20H2,1-5H3. The Labute approximate surface area is 236 Å². The summed E-state index contributed by atoms with van der Waals surface area (Å²) in [6, 6.07) is 21.4. The van der Waals surface area contributed by atoms with E-state index < -0.39 is 11.0 Å². The SMILES string of the molecule is CC(c1cc(Cl)cc2ccccc12)N(C)C(=O)CC1(c2ccc(C#N)cc2)CCN(C(=O)OC(C)(C)C)CC1. The van der Waals surface area contributed by atoms with E-state index in [1.165, 1.54) is 0 Å². The van der Waals surface area contributed by atoms with Gasteiger partial charge in [-0.3, -0.25) is 4.79 Å². The van der Waals surface area contributed by atoms with Crippen molar-refractivity contribution in [2.45, 2.75) is 64.0 Å². The lowest BCUT2D eigenvalue weighted by atomic mass is 9.70. The number of carbonyl (C=O) groups excluding carboxylic acids is 2. The van der Waals surface area contributed by atoms with Gasteiger partial charge in [-0.2, -0.15) is 5.26 Å². The van der Waals surface area contributed by atoms with Crippen LogP contribution in [-0.2, 0) is 14.9 Å². The Morgan fingerprint density at radius 2 is 1.74 bits per heavy atom. The summed E-state index contributed by atoms with van der Waals surface area (Å²) in [6.07, 6.45) is 1.19. The topological polar surface area (TPSA) is 73.6 Å². The molecule has 1 aliphatic heterocycles. The molecule has 0 spiro atoms. The number of nitriles is 1. The minimum Gasteiger partial charge on any atom is -0.444 e. The van der Waals surface area contributed by atoms with Crippen molar-refractivity contribution < 1.29 is 14.3 Å². The molecule has 3 aromatic carbocycles. The van der Waals surface area contributed by atoms with Gasteiger partial charge in [0.1, 0.15) is 5.60 Å². The molecule has 0 radical (unpaired) electrons. The molecule has 1 fully saturated rings. The number of carbonyl (C=O) groups is 2. The number of likely N-dealkylation sites (tertiary alicyclic amines) is 1. The lowest BCUT2D eigenvalue weighted by Gasteiger charge is -2.43. The molecule has 0 N–H and O–H groups in total. The number of piperidine rings is 1. The van der Waals surface area contributed by atoms with Crippen LogP contribution in [0.4, 0.5) is 4.79 Å². The maximum absolute atomic E-state index is 13.9. The number of benzene rings is 3. The number of hydrogen-bond acceptors (Lipinski definition) is 4. The maximum atomic E-state index is 13.9. The van der Waals surface area contributed by atoms with E-state index in [1.807, 2.05) is 77.2 Å². The van der Waals surface area contributed by atoms with E-state index >= 15 is 0 Å². The summed E-state index contributed by atoms with van der Waals surface area (Å²) in [7, 11) is 1.84. The first-order valence-electron chi connectivity index (χ1n) is 13.3. The molecular formula is C32H36ClN3O3. The minimum absolute atomic E-state index is 0.0154. The van der Waals surface area contributed by atoms with Crippen LogP contribution < -0.4 is 0 Å². The number of fused-ring (bicyclic) bond motifs is 1. The zero-order valence-corrected chi connectivity index (χ0v) is 24.1. The van der Waals surface area contributed by atoms with Gasteiger partial charge in [-0.1, -0.05) is 48.0 Å². The molecule has 1 saturated heterocycles. The summed E-state index contributed by atoms with van der Waals surface area (Å²) in [6.45, 7) is 8.56. The molecule has 1 atom stereocenters. The van der Waals surface area contributed by atoms with Crippen LogP contribution in [0, 0.1) is 11.3 Å². The van der Waals surface area contributed by atoms with Crippen LogP contribution in [0.3, 0.4) is 0 Å². The van der Waals surface area contributed by atoms with Crippen molar-refractivity contribution in [2.24, 2.45) is 0 Å². The first kappa shape index (κ1) is 28.4. The van der Waals surface area contributed by atoms with E-state index in [0.29, 0.717) is 42.9 Å². The summed E-state index contributed by atoms with van der Waals surface area (Å²) in [5.74, 6) is 0.0154. The Kier molecular flexibility index (Phi) is 8.23. The molecule has 1 aliphatic rings. The molecule has 6 nitrogen and oxygen atoms in total. The van der Waals surface area contributed by atoms with Gasteiger partial charge in [0.25, 0.3) is 0 Å². The first-order chi connectivity index (χ1) is 18.4. The van der Waals surface area contributed by atoms with Crippen LogP contribution in [0.5, 0.6) is 0 Å². The third-order valence-electron chi connectivity index (χ3n) is 7.77. The summed E-state index contributed by atoms with van der Waals surface area (Å²) in [4.78, 5) is 30.1. The third kappa shape index (κ3) is 6.37. The van der Waals surface area contributed by atoms with E-state index in [1.54, 1.807) is 21.9 Å². The molecule has 0 aromatic heterocycles. The predicted molar refractivity (Wildman–Crippen MR) is 155 cm³/mol. The first-order valence-corrected chi connectivity index (χ1v) is 13.7. The van der Waals surface area contributed by atoms with E-state index in [0.717, 1.165) is 21.9 Å². The van der Waals surface area contributed by atoms with Crippen LogP contribution in [-0.4, -0.2) is 47.5 Å². The number of rotatable bonds is 5. The predicted octanol–water partition coefficient (Wildman–Crippen LogP) is 7.24. The second kappa shape index (κ2) is 11.3. The van der Waals surface area contributed by atoms with Gasteiger partial charge >= 0.3 is 6.09 Å². The zero-order chi connectivity index (χ0) is 28.4. The summed E-state index contributed by atoms with van der Waals surface area (Å²) < 4.78 is 5.59. The average Bonchev–Trinajstić information content (AvgIpc) is 2.91. The summed E-state index contributed by atoms with van der Waals surface area (Å²) in [5, 5.41) is 12.0. The average molecular weight is 546 g/mol. The van der Waals surface area contributed by atoms with Gasteiger partial charge in [0, 0.05) is 37.0 Å². The Morgan fingerprint density at radius 3 is 2.36 bits per heavy atom. The molecule has 0 aliphatic carbocycles. The van der Waals surface area contributed by atoms with E-state index in [2.05, 4.69) is 12.1 Å². The number of hydrogen-bond donors (Lipinski definition) is 0. The van der Waals surface area contributed by atoms with Gasteiger partial charge in [0.2, 0.25) is 5.91 Å². The van der Waals surface area contributed by atoms with Crippen LogP contribution in [0.2, 0.25) is 5.02 Å². The highest BCUT2D eigenvalue weighted by atomic mass is 35.5. The number of amides is 2. The molecule has 2 amide bonds. The fraction of sp³-hybridized carbons (Fsp3) is 0.406. The molecule has 1 unspecified atom stereocenters. The highest BCUT2D eigenvalue weighted by Gasteiger charge is 2.41. The van der Waals surface area contributed by atoms with Crippen molar-refractivity contribution in [1.82, 2.24) is 9.80 Å². The molecule has 1 heterocycles. The van der Waals surface area contributed by atoms with Crippen molar-refractivity contribution in [3.05, 3.63) is 82.4 Å². The van der Waals surface area contributed by atoms with Crippen molar-refractivity contribution >= 4 is 34.4 Å². The smallest absolute Gasteiger partial charge is 0.410 e. The summed E-state index contributed by atoms with van der Waals surface area (Å²) in [5.41, 5.74) is 1.55. The number of nitrogens with zero attached hydrogens (tertiary/aromatic N) is 3. The number of halogens is 1. The highest BCUT2D eigenvalue weighted by molar-refractivity contribution is 6.31. The Morgan fingerprint density at radius 1 is 1.10 bits per heavy atom. The highest BCUT2D eigenvalue weighted by Crippen LogP contribution is 2.41. The fourth-order valence-corrected chi connectivity index (χ4v) is 5.63. The van der Waals surface area contributed by atoms with Gasteiger partial charge in [0.05, 0.1) is 17.7 Å². The summed E-state index contributed by atoms with van der Waals surface area (Å²) >= 11 is 6.45. The molecule has 0 bridgehead atoms. The Bertz CT molecular complexity index is 1400. The monoisotopic (exact) mass is 545 g/mol. The van der Waals surface area contributed by atoms with E-state index in [9.17, 15) is 14.9 Å². The van der Waals surface area contributed by atoms with E-state index in [-0.39, 0.29) is 18.0 Å². The largest absolute Gasteiger partial charge is 0.444 e. The molecule has 0 saturated carbocycles. The lowest BCUT2D eigenvalue weighted by molar-refractivity contribution is -0.133. The van der Waals surface area contributed by atoms with Gasteiger partial charge in [0.15, 0.2) is 0 Å². The third-order valence-corrected chi connectivity index (χ3v) is 7.99. The van der Waals surface area contributed by atoms with Crippen molar-refractivity contribution in [3.63, 3.8) is 0 Å². The van der Waals surface area contributed by atoms with Crippen LogP contribution in [0.1, 0.15) is 69.7 Å². The fourth-order valence-electron chi connectivity index (χ4n) is 5.40. The van der Waals surface area contributed by atoms with Crippen molar-refractivity contribution in [1.29, 1.82) is 5.26 Å². The molecule has 4 rings (SSSR count). The van der Waals surface area contributed by atoms with Crippen molar-refractivity contribution in [2.75, 3.05) is 20.1 Å². The van der Waals surface area contributed by atoms with Gasteiger partial charge < -0.3 is 14.5 Å². The zero-order valence-electron chi connectivity index (χ0n) is 23.3. The van der Waals surface area contributed by atoms with Gasteiger partial charge in [-0.15, -0.1) is 0 Å². The van der Waals surface area contributed by atoms with Crippen LogP contribution in [0.15, 0.2) is 60.7 Å². The van der Waals surface area contributed by atoms with Crippen LogP contribution >= 0.6 is 11.6 Å². The van der Waals surface area contributed by atoms with E-state index in [4.69, 9.17) is 16.3 Å². The van der Waals surface area contributed by atoms with Crippen LogP contribution in [0.25, 0.3) is 10.8 Å². The second-order valence-electron chi connectivity index (χ2n) is 11.5.